The number of ether oxygens (including phenoxy) is 1. The van der Waals surface area contributed by atoms with E-state index in [1.54, 1.807) is 4.90 Å². The van der Waals surface area contributed by atoms with E-state index in [1.165, 1.54) is 0 Å². The van der Waals surface area contributed by atoms with Gasteiger partial charge in [-0.05, 0) is 18.8 Å². The minimum absolute atomic E-state index is 0.00192. The monoisotopic (exact) mass is 228 g/mol. The van der Waals surface area contributed by atoms with Crippen LogP contribution in [0, 0.1) is 5.41 Å². The van der Waals surface area contributed by atoms with Gasteiger partial charge in [-0.3, -0.25) is 0 Å². The molecule has 2 atom stereocenters. The van der Waals surface area contributed by atoms with E-state index in [9.17, 15) is 4.79 Å². The third-order valence-electron chi connectivity index (χ3n) is 3.41. The highest BCUT2D eigenvalue weighted by molar-refractivity contribution is 5.74. The minimum Gasteiger partial charge on any atom is -0.379 e. The van der Waals surface area contributed by atoms with Crippen molar-refractivity contribution in [3.8, 4) is 0 Å². The average molecular weight is 228 g/mol. The molecule has 0 aromatic carbocycles. The van der Waals surface area contributed by atoms with Crippen LogP contribution in [0.4, 0.5) is 4.79 Å². The van der Waals surface area contributed by atoms with Crippen LogP contribution in [-0.2, 0) is 4.74 Å². The predicted molar refractivity (Wildman–Crippen MR) is 64.4 cm³/mol. The molecule has 16 heavy (non-hydrogen) atoms. The molecule has 4 nitrogen and oxygen atoms in total. The van der Waals surface area contributed by atoms with Crippen LogP contribution >= 0.6 is 0 Å². The van der Waals surface area contributed by atoms with Crippen LogP contribution in [0.3, 0.4) is 0 Å². The second kappa shape index (κ2) is 5.04. The molecule has 2 amide bonds. The van der Waals surface area contributed by atoms with Crippen molar-refractivity contribution >= 4 is 6.03 Å². The number of hydrogen-bond donors (Lipinski definition) is 1. The van der Waals surface area contributed by atoms with Gasteiger partial charge >= 0.3 is 6.03 Å². The summed E-state index contributed by atoms with van der Waals surface area (Å²) in [6.45, 7) is 9.89. The molecule has 1 N–H and O–H groups in total. The number of urea groups is 1. The van der Waals surface area contributed by atoms with Crippen molar-refractivity contribution in [3.05, 3.63) is 0 Å². The van der Waals surface area contributed by atoms with Crippen LogP contribution in [0.2, 0.25) is 0 Å². The number of nitrogens with zero attached hydrogens (tertiary/aromatic N) is 1. The molecule has 1 aliphatic rings. The third-order valence-corrected chi connectivity index (χ3v) is 3.41. The zero-order valence-electron chi connectivity index (χ0n) is 11.0. The number of carbonyl (C=O) groups is 1. The van der Waals surface area contributed by atoms with Crippen molar-refractivity contribution in [2.75, 3.05) is 20.3 Å². The van der Waals surface area contributed by atoms with Gasteiger partial charge < -0.3 is 15.0 Å². The van der Waals surface area contributed by atoms with Gasteiger partial charge in [0.2, 0.25) is 0 Å². The number of rotatable bonds is 2. The van der Waals surface area contributed by atoms with Crippen molar-refractivity contribution in [1.82, 2.24) is 10.2 Å². The Labute approximate surface area is 98.3 Å². The van der Waals surface area contributed by atoms with Crippen molar-refractivity contribution in [2.45, 2.75) is 46.2 Å². The summed E-state index contributed by atoms with van der Waals surface area (Å²) in [5.74, 6) is 0. The number of carbonyl (C=O) groups excluding carboxylic acids is 1. The molecule has 1 fully saturated rings. The topological polar surface area (TPSA) is 41.6 Å². The molecule has 94 valence electrons. The quantitative estimate of drug-likeness (QED) is 0.783. The first-order valence-corrected chi connectivity index (χ1v) is 5.93. The second-order valence-corrected chi connectivity index (χ2v) is 5.66. The Balaban J connectivity index is 2.46. The maximum atomic E-state index is 11.9. The first-order chi connectivity index (χ1) is 7.32. The van der Waals surface area contributed by atoms with Crippen LogP contribution in [0.15, 0.2) is 0 Å². The lowest BCUT2D eigenvalue weighted by atomic mass is 9.87. The normalized spacial score (nSPS) is 22.9. The van der Waals surface area contributed by atoms with Crippen LogP contribution in [0.1, 0.15) is 34.1 Å². The summed E-state index contributed by atoms with van der Waals surface area (Å²) in [6.07, 6.45) is 0.920. The van der Waals surface area contributed by atoms with Crippen molar-refractivity contribution < 1.29 is 9.53 Å². The first-order valence-electron chi connectivity index (χ1n) is 5.93. The summed E-state index contributed by atoms with van der Waals surface area (Å²) in [7, 11) is 1.85. The Hall–Kier alpha value is -0.770. The van der Waals surface area contributed by atoms with E-state index in [1.807, 2.05) is 7.05 Å². The van der Waals surface area contributed by atoms with Crippen LogP contribution < -0.4 is 5.32 Å². The Morgan fingerprint density at radius 1 is 1.50 bits per heavy atom. The van der Waals surface area contributed by atoms with Gasteiger partial charge in [0.1, 0.15) is 0 Å². The van der Waals surface area contributed by atoms with E-state index >= 15 is 0 Å². The lowest BCUT2D eigenvalue weighted by Crippen LogP contribution is -2.50. The van der Waals surface area contributed by atoms with E-state index in [2.05, 4.69) is 33.0 Å². The highest BCUT2D eigenvalue weighted by Gasteiger charge is 2.28. The second-order valence-electron chi connectivity index (χ2n) is 5.66. The maximum absolute atomic E-state index is 11.9. The van der Waals surface area contributed by atoms with E-state index in [0.29, 0.717) is 6.61 Å². The minimum atomic E-state index is -0.00192. The highest BCUT2D eigenvalue weighted by Crippen LogP contribution is 2.23. The average Bonchev–Trinajstić information content (AvgIpc) is 2.66. The highest BCUT2D eigenvalue weighted by atomic mass is 16.5. The number of amides is 2. The molecular weight excluding hydrogens is 204 g/mol. The summed E-state index contributed by atoms with van der Waals surface area (Å²) in [4.78, 5) is 13.7. The zero-order valence-corrected chi connectivity index (χ0v) is 11.0. The molecule has 0 aromatic rings. The van der Waals surface area contributed by atoms with Crippen molar-refractivity contribution in [2.24, 2.45) is 5.41 Å². The molecule has 0 aliphatic carbocycles. The van der Waals surface area contributed by atoms with E-state index in [0.717, 1.165) is 13.0 Å². The van der Waals surface area contributed by atoms with Crippen LogP contribution in [-0.4, -0.2) is 43.3 Å². The lowest BCUT2D eigenvalue weighted by Gasteiger charge is -2.35. The van der Waals surface area contributed by atoms with Gasteiger partial charge in [0.25, 0.3) is 0 Å². The van der Waals surface area contributed by atoms with Gasteiger partial charge in [-0.1, -0.05) is 20.8 Å². The molecule has 0 saturated carbocycles. The lowest BCUT2D eigenvalue weighted by molar-refractivity contribution is 0.140. The fourth-order valence-electron chi connectivity index (χ4n) is 1.68. The van der Waals surface area contributed by atoms with Crippen LogP contribution in [0.5, 0.6) is 0 Å². The molecule has 2 unspecified atom stereocenters. The smallest absolute Gasteiger partial charge is 0.317 e. The first kappa shape index (κ1) is 13.3. The third kappa shape index (κ3) is 3.37. The van der Waals surface area contributed by atoms with Crippen LogP contribution in [0.25, 0.3) is 0 Å². The maximum Gasteiger partial charge on any atom is 0.317 e. The number of nitrogens with one attached hydrogen (secondary N) is 1. The van der Waals surface area contributed by atoms with Crippen molar-refractivity contribution in [3.63, 3.8) is 0 Å². The Morgan fingerprint density at radius 2 is 2.12 bits per heavy atom. The van der Waals surface area contributed by atoms with Gasteiger partial charge in [0.15, 0.2) is 0 Å². The largest absolute Gasteiger partial charge is 0.379 e. The SMILES string of the molecule is CC(N(C)C(=O)NC1CCOC1)C(C)(C)C. The Kier molecular flexibility index (Phi) is 4.19. The zero-order chi connectivity index (χ0) is 12.3. The van der Waals surface area contributed by atoms with E-state index in [4.69, 9.17) is 4.74 Å². The summed E-state index contributed by atoms with van der Waals surface area (Å²) in [5.41, 5.74) is 0.0955. The van der Waals surface area contributed by atoms with E-state index < -0.39 is 0 Å². The summed E-state index contributed by atoms with van der Waals surface area (Å²) >= 11 is 0. The predicted octanol–water partition coefficient (Wildman–Crippen LogP) is 1.85. The van der Waals surface area contributed by atoms with Gasteiger partial charge in [0, 0.05) is 19.7 Å². The van der Waals surface area contributed by atoms with Gasteiger partial charge in [-0.2, -0.15) is 0 Å². The fourth-order valence-corrected chi connectivity index (χ4v) is 1.68. The molecule has 1 aliphatic heterocycles. The summed E-state index contributed by atoms with van der Waals surface area (Å²) in [5, 5.41) is 2.99. The van der Waals surface area contributed by atoms with E-state index in [-0.39, 0.29) is 23.5 Å². The summed E-state index contributed by atoms with van der Waals surface area (Å²) < 4.78 is 5.23. The van der Waals surface area contributed by atoms with Gasteiger partial charge in [-0.25, -0.2) is 4.79 Å². The molecule has 1 rings (SSSR count). The Bertz CT molecular complexity index is 242. The molecule has 0 spiro atoms. The van der Waals surface area contributed by atoms with Crippen molar-refractivity contribution in [1.29, 1.82) is 0 Å². The molecule has 0 radical (unpaired) electrons. The van der Waals surface area contributed by atoms with Gasteiger partial charge in [-0.15, -0.1) is 0 Å². The molecule has 0 bridgehead atoms. The molecule has 4 heteroatoms. The Morgan fingerprint density at radius 3 is 2.56 bits per heavy atom. The molecule has 1 saturated heterocycles. The van der Waals surface area contributed by atoms with Gasteiger partial charge in [0.05, 0.1) is 12.6 Å². The summed E-state index contributed by atoms with van der Waals surface area (Å²) in [6, 6.07) is 0.384. The molecule has 0 aromatic heterocycles. The fraction of sp³-hybridized carbons (Fsp3) is 0.917. The molecule has 1 heterocycles. The molecular formula is C12H24N2O2. The number of hydrogen-bond acceptors (Lipinski definition) is 2. The standard InChI is InChI=1S/C12H24N2O2/c1-9(12(2,3)4)14(5)11(15)13-10-6-7-16-8-10/h9-10H,6-8H2,1-5H3,(H,13,15).